The van der Waals surface area contributed by atoms with Crippen LogP contribution >= 0.6 is 24.0 Å². The second-order valence-corrected chi connectivity index (χ2v) is 9.86. The lowest BCUT2D eigenvalue weighted by Gasteiger charge is -2.34. The molecule has 0 saturated heterocycles. The Morgan fingerprint density at radius 1 is 1.07 bits per heavy atom. The van der Waals surface area contributed by atoms with E-state index in [-0.39, 0.29) is 12.4 Å². The number of benzene rings is 1. The average molecular weight is 422 g/mol. The Labute approximate surface area is 183 Å². The molecule has 28 heavy (non-hydrogen) atoms. The van der Waals surface area contributed by atoms with Gasteiger partial charge in [0.2, 0.25) is 0 Å². The predicted octanol–water partition coefficient (Wildman–Crippen LogP) is 7.36. The summed E-state index contributed by atoms with van der Waals surface area (Å²) < 4.78 is 0. The first-order valence-electron chi connectivity index (χ1n) is 11.0. The van der Waals surface area contributed by atoms with Crippen LogP contribution in [0.4, 0.5) is 0 Å². The van der Waals surface area contributed by atoms with Gasteiger partial charge in [-0.25, -0.2) is 0 Å². The van der Waals surface area contributed by atoms with Crippen molar-refractivity contribution in [3.63, 3.8) is 0 Å². The highest BCUT2D eigenvalue weighted by Crippen LogP contribution is 2.42. The van der Waals surface area contributed by atoms with Crippen LogP contribution < -0.4 is 5.32 Å². The lowest BCUT2D eigenvalue weighted by molar-refractivity contribution is 0.224. The number of halogens is 2. The third-order valence-electron chi connectivity index (χ3n) is 6.69. The van der Waals surface area contributed by atoms with Gasteiger partial charge >= 0.3 is 0 Å². The van der Waals surface area contributed by atoms with E-state index < -0.39 is 0 Å². The van der Waals surface area contributed by atoms with Crippen LogP contribution in [0.1, 0.15) is 95.1 Å². The molecule has 1 aromatic rings. The zero-order valence-corrected chi connectivity index (χ0v) is 19.2. The molecule has 0 unspecified atom stereocenters. The summed E-state index contributed by atoms with van der Waals surface area (Å²) in [6.07, 6.45) is 13.6. The Hall–Kier alpha value is -0.680. The van der Waals surface area contributed by atoms with Gasteiger partial charge < -0.3 is 5.32 Å². The number of rotatable bonds is 5. The molecule has 1 aromatic carbocycles. The number of hydrogen-bond acceptors (Lipinski definition) is 1. The maximum Gasteiger partial charge on any atom is 0.0580 e. The van der Waals surface area contributed by atoms with Crippen molar-refractivity contribution in [2.75, 3.05) is 13.1 Å². The third kappa shape index (κ3) is 7.29. The molecular formula is C25H37Cl2N. The molecule has 0 aromatic heterocycles. The number of nitrogens with one attached hydrogen (secondary N) is 1. The Morgan fingerprint density at radius 3 is 2.46 bits per heavy atom. The zero-order valence-electron chi connectivity index (χ0n) is 17.7. The summed E-state index contributed by atoms with van der Waals surface area (Å²) in [5.41, 5.74) is 2.87. The van der Waals surface area contributed by atoms with Crippen LogP contribution in [-0.4, -0.2) is 13.1 Å². The van der Waals surface area contributed by atoms with E-state index in [0.29, 0.717) is 11.3 Å². The van der Waals surface area contributed by atoms with E-state index in [9.17, 15) is 0 Å². The van der Waals surface area contributed by atoms with Crippen LogP contribution in [0.2, 0.25) is 5.02 Å². The van der Waals surface area contributed by atoms with E-state index in [1.807, 2.05) is 0 Å². The third-order valence-corrected chi connectivity index (χ3v) is 7.01. The quantitative estimate of drug-likeness (QED) is 0.386. The summed E-state index contributed by atoms with van der Waals surface area (Å²) in [4.78, 5) is 0. The van der Waals surface area contributed by atoms with Crippen molar-refractivity contribution in [2.45, 2.75) is 84.0 Å². The summed E-state index contributed by atoms with van der Waals surface area (Å²) in [5.74, 6) is 8.10. The Bertz CT molecular complexity index is 655. The van der Waals surface area contributed by atoms with E-state index in [1.54, 1.807) is 0 Å². The van der Waals surface area contributed by atoms with Gasteiger partial charge in [0, 0.05) is 5.56 Å². The monoisotopic (exact) mass is 421 g/mol. The lowest BCUT2D eigenvalue weighted by Crippen LogP contribution is -2.20. The van der Waals surface area contributed by atoms with Crippen molar-refractivity contribution in [3.8, 4) is 11.8 Å². The standard InChI is InChI=1S/C25H36ClN.ClH/c1-25(2)15-12-21(13-16-25)23-11-10-22(24(26)19-23)9-6-17-27-18-14-20-7-4-3-5-8-20;/h10-11,19-21,27H,3-5,7-8,12-18H2,1-2H3;1H. The average Bonchev–Trinajstić information content (AvgIpc) is 2.66. The van der Waals surface area contributed by atoms with Gasteiger partial charge in [-0.1, -0.05) is 75.5 Å². The highest BCUT2D eigenvalue weighted by molar-refractivity contribution is 6.31. The maximum absolute atomic E-state index is 6.52. The topological polar surface area (TPSA) is 12.0 Å². The molecule has 3 heteroatoms. The summed E-state index contributed by atoms with van der Waals surface area (Å²) >= 11 is 6.52. The predicted molar refractivity (Wildman–Crippen MR) is 125 cm³/mol. The molecule has 3 rings (SSSR count). The molecule has 2 saturated carbocycles. The molecule has 0 spiro atoms. The molecule has 0 amide bonds. The smallest absolute Gasteiger partial charge is 0.0580 e. The van der Waals surface area contributed by atoms with Gasteiger partial charge in [0.25, 0.3) is 0 Å². The van der Waals surface area contributed by atoms with Crippen molar-refractivity contribution < 1.29 is 0 Å². The minimum Gasteiger partial charge on any atom is -0.306 e. The van der Waals surface area contributed by atoms with Crippen molar-refractivity contribution in [2.24, 2.45) is 11.3 Å². The van der Waals surface area contributed by atoms with Crippen LogP contribution in [0.3, 0.4) is 0 Å². The van der Waals surface area contributed by atoms with E-state index in [0.717, 1.165) is 29.6 Å². The van der Waals surface area contributed by atoms with E-state index in [1.165, 1.54) is 69.8 Å². The molecule has 0 heterocycles. The summed E-state index contributed by atoms with van der Waals surface area (Å²) in [7, 11) is 0. The van der Waals surface area contributed by atoms with Gasteiger partial charge in [0.05, 0.1) is 11.6 Å². The summed E-state index contributed by atoms with van der Waals surface area (Å²) in [5, 5.41) is 4.29. The van der Waals surface area contributed by atoms with Gasteiger partial charge in [-0.15, -0.1) is 12.4 Å². The molecule has 0 bridgehead atoms. The Balaban J connectivity index is 0.00000280. The van der Waals surface area contributed by atoms with Crippen LogP contribution in [0.25, 0.3) is 0 Å². The van der Waals surface area contributed by atoms with Gasteiger partial charge in [0.15, 0.2) is 0 Å². The Kier molecular flexibility index (Phi) is 9.68. The fraction of sp³-hybridized carbons (Fsp3) is 0.680. The van der Waals surface area contributed by atoms with Crippen LogP contribution in [-0.2, 0) is 0 Å². The fourth-order valence-electron chi connectivity index (χ4n) is 4.69. The molecule has 0 radical (unpaired) electrons. The minimum absolute atomic E-state index is 0. The summed E-state index contributed by atoms with van der Waals surface area (Å²) in [6, 6.07) is 6.52. The highest BCUT2D eigenvalue weighted by Gasteiger charge is 2.27. The second kappa shape index (κ2) is 11.5. The summed E-state index contributed by atoms with van der Waals surface area (Å²) in [6.45, 7) is 6.61. The van der Waals surface area contributed by atoms with Crippen molar-refractivity contribution in [1.29, 1.82) is 0 Å². The first kappa shape index (κ1) is 23.6. The van der Waals surface area contributed by atoms with E-state index in [4.69, 9.17) is 11.6 Å². The van der Waals surface area contributed by atoms with Crippen LogP contribution in [0.5, 0.6) is 0 Å². The largest absolute Gasteiger partial charge is 0.306 e. The van der Waals surface area contributed by atoms with Crippen LogP contribution in [0, 0.1) is 23.2 Å². The van der Waals surface area contributed by atoms with Crippen molar-refractivity contribution >= 4 is 24.0 Å². The van der Waals surface area contributed by atoms with E-state index in [2.05, 4.69) is 49.2 Å². The number of hydrogen-bond donors (Lipinski definition) is 1. The second-order valence-electron chi connectivity index (χ2n) is 9.45. The normalized spacial score (nSPS) is 20.1. The molecule has 2 aliphatic rings. The first-order chi connectivity index (χ1) is 13.0. The SMILES string of the molecule is CC1(C)CCC(c2ccc(C#CCNCCC3CCCCC3)c(Cl)c2)CC1.Cl. The van der Waals surface area contributed by atoms with Gasteiger partial charge in [-0.3, -0.25) is 0 Å². The maximum atomic E-state index is 6.52. The van der Waals surface area contributed by atoms with Crippen molar-refractivity contribution in [3.05, 3.63) is 34.3 Å². The van der Waals surface area contributed by atoms with Gasteiger partial charge in [-0.05, 0) is 73.6 Å². The molecule has 2 aliphatic carbocycles. The molecule has 2 fully saturated rings. The molecule has 0 aliphatic heterocycles. The molecule has 1 nitrogen and oxygen atoms in total. The van der Waals surface area contributed by atoms with Crippen molar-refractivity contribution in [1.82, 2.24) is 5.32 Å². The highest BCUT2D eigenvalue weighted by atomic mass is 35.5. The first-order valence-corrected chi connectivity index (χ1v) is 11.4. The molecule has 156 valence electrons. The minimum atomic E-state index is 0. The molecule has 1 N–H and O–H groups in total. The van der Waals surface area contributed by atoms with E-state index >= 15 is 0 Å². The molecular weight excluding hydrogens is 385 g/mol. The van der Waals surface area contributed by atoms with Gasteiger partial charge in [0.1, 0.15) is 0 Å². The van der Waals surface area contributed by atoms with Gasteiger partial charge in [-0.2, -0.15) is 0 Å². The fourth-order valence-corrected chi connectivity index (χ4v) is 4.93. The van der Waals surface area contributed by atoms with Crippen LogP contribution in [0.15, 0.2) is 18.2 Å². The zero-order chi connectivity index (χ0) is 19.1. The Morgan fingerprint density at radius 2 is 1.79 bits per heavy atom. The molecule has 0 atom stereocenters. The lowest BCUT2D eigenvalue weighted by atomic mass is 9.71.